The van der Waals surface area contributed by atoms with Crippen LogP contribution in [0.4, 0.5) is 0 Å². The van der Waals surface area contributed by atoms with Crippen LogP contribution in [-0.4, -0.2) is 83.2 Å². The van der Waals surface area contributed by atoms with Gasteiger partial charge in [-0.2, -0.15) is 0 Å². The van der Waals surface area contributed by atoms with Crippen molar-refractivity contribution in [3.8, 4) is 0 Å². The van der Waals surface area contributed by atoms with Crippen LogP contribution in [0.5, 0.6) is 0 Å². The monoisotopic (exact) mass is 489 g/mol. The van der Waals surface area contributed by atoms with E-state index in [0.717, 1.165) is 0 Å². The van der Waals surface area contributed by atoms with Crippen molar-refractivity contribution in [3.63, 3.8) is 0 Å². The fraction of sp³-hybridized carbons (Fsp3) is 0.647. The number of benzene rings is 1. The summed E-state index contributed by atoms with van der Waals surface area (Å²) in [5.74, 6) is 0. The summed E-state index contributed by atoms with van der Waals surface area (Å²) in [6.45, 7) is -0.277. The van der Waals surface area contributed by atoms with E-state index in [1.54, 1.807) is 18.2 Å². The van der Waals surface area contributed by atoms with Gasteiger partial charge in [-0.15, -0.1) is 0 Å². The van der Waals surface area contributed by atoms with Crippen molar-refractivity contribution in [1.82, 2.24) is 0 Å². The molecule has 3 rings (SSSR count). The minimum atomic E-state index is -1.70. The van der Waals surface area contributed by atoms with Crippen LogP contribution in [0, 0.1) is 0 Å². The zero-order valence-electron chi connectivity index (χ0n) is 14.3. The fourth-order valence-electron chi connectivity index (χ4n) is 3.36. The summed E-state index contributed by atoms with van der Waals surface area (Å²) >= 11 is 10.4. The van der Waals surface area contributed by atoms with Crippen LogP contribution in [0.1, 0.15) is 11.9 Å². The number of halogens is 2. The molecule has 0 bridgehead atoms. The van der Waals surface area contributed by atoms with Crippen molar-refractivity contribution in [1.29, 1.82) is 0 Å². The minimum absolute atomic E-state index is 0.0370. The van der Waals surface area contributed by atoms with Crippen LogP contribution in [0.2, 0.25) is 25.5 Å². The molecule has 0 radical (unpaired) electrons. The molecule has 10 heteroatoms. The third kappa shape index (κ3) is 4.79. The molecule has 2 fully saturated rings. The molecule has 7 nitrogen and oxygen atoms in total. The van der Waals surface area contributed by atoms with Gasteiger partial charge in [-0.1, -0.05) is 0 Å². The average Bonchev–Trinajstić information content (AvgIpc) is 2.88. The van der Waals surface area contributed by atoms with Crippen LogP contribution in [0.25, 0.3) is 0 Å². The van der Waals surface area contributed by atoms with E-state index in [4.69, 9.17) is 32.7 Å². The van der Waals surface area contributed by atoms with Gasteiger partial charge in [0, 0.05) is 0 Å². The molecule has 152 valence electrons. The summed E-state index contributed by atoms with van der Waals surface area (Å²) in [5.41, 5.74) is 0.543. The van der Waals surface area contributed by atoms with Gasteiger partial charge in [0.05, 0.1) is 0 Å². The number of rotatable bonds is 5. The van der Waals surface area contributed by atoms with E-state index in [-0.39, 0.29) is 18.5 Å². The third-order valence-electron chi connectivity index (χ3n) is 4.83. The molecule has 0 amide bonds. The van der Waals surface area contributed by atoms with Crippen molar-refractivity contribution in [2.24, 2.45) is 0 Å². The van der Waals surface area contributed by atoms with Gasteiger partial charge in [-0.3, -0.25) is 0 Å². The Kier molecular flexibility index (Phi) is 7.44. The van der Waals surface area contributed by atoms with E-state index in [0.29, 0.717) is 20.9 Å². The molecule has 1 unspecified atom stereocenters. The number of aliphatic hydroxyl groups is 5. The second-order valence-electron chi connectivity index (χ2n) is 6.72. The first-order chi connectivity index (χ1) is 12.8. The summed E-state index contributed by atoms with van der Waals surface area (Å²) < 4.78 is 11.3. The molecule has 0 aliphatic carbocycles. The van der Waals surface area contributed by atoms with Gasteiger partial charge in [0.1, 0.15) is 0 Å². The Morgan fingerprint density at radius 3 is 2.59 bits per heavy atom. The maximum absolute atomic E-state index is 10.7. The van der Waals surface area contributed by atoms with Crippen molar-refractivity contribution < 1.29 is 35.0 Å². The van der Waals surface area contributed by atoms with Crippen molar-refractivity contribution >= 4 is 37.1 Å². The summed E-state index contributed by atoms with van der Waals surface area (Å²) in [4.78, 5) is -0.409. The second kappa shape index (κ2) is 9.24. The Balaban J connectivity index is 1.69. The van der Waals surface area contributed by atoms with E-state index in [1.807, 2.05) is 0 Å². The Labute approximate surface area is 171 Å². The standard InChI is InChI=1S/C17H23Cl2O7Se/c18-8-1-2-9(10(19)3-8)17-25-5-11(21)16(26-17)13(23)7-27-6-12(22)15(24)14(27)4-20/h1-3,11-17,20-24H,4-7H2/q+1/t11-,12-,13-,14-,15+,16+,17?,27-/m1/s1. The van der Waals surface area contributed by atoms with Crippen molar-refractivity contribution in [2.45, 2.75) is 52.3 Å². The van der Waals surface area contributed by atoms with Gasteiger partial charge in [0.25, 0.3) is 0 Å². The molecular formula is C17H23Cl2O7Se+. The van der Waals surface area contributed by atoms with E-state index >= 15 is 0 Å². The molecule has 0 saturated carbocycles. The number of hydrogen-bond donors (Lipinski definition) is 5. The van der Waals surface area contributed by atoms with Gasteiger partial charge in [-0.05, 0) is 0 Å². The first kappa shape index (κ1) is 21.7. The number of hydrogen-bond acceptors (Lipinski definition) is 7. The molecule has 2 aliphatic heterocycles. The van der Waals surface area contributed by atoms with Crippen LogP contribution in [0.3, 0.4) is 0 Å². The first-order valence-corrected chi connectivity index (χ1v) is 12.7. The van der Waals surface area contributed by atoms with Gasteiger partial charge in [-0.25, -0.2) is 0 Å². The van der Waals surface area contributed by atoms with E-state index in [2.05, 4.69) is 0 Å². The first-order valence-electron chi connectivity index (χ1n) is 8.53. The van der Waals surface area contributed by atoms with Crippen LogP contribution < -0.4 is 0 Å². The molecule has 2 aliphatic rings. The van der Waals surface area contributed by atoms with E-state index in [9.17, 15) is 25.5 Å². The Morgan fingerprint density at radius 2 is 1.93 bits per heavy atom. The molecule has 0 aromatic heterocycles. The predicted octanol–water partition coefficient (Wildman–Crippen LogP) is 0.722. The Morgan fingerprint density at radius 1 is 1.19 bits per heavy atom. The summed E-state index contributed by atoms with van der Waals surface area (Å²) in [5, 5.41) is 51.7. The molecule has 2 saturated heterocycles. The molecule has 1 aromatic carbocycles. The molecule has 27 heavy (non-hydrogen) atoms. The second-order valence-corrected chi connectivity index (χ2v) is 12.5. The average molecular weight is 489 g/mol. The fourth-order valence-corrected chi connectivity index (χ4v) is 9.49. The quantitative estimate of drug-likeness (QED) is 0.387. The predicted molar refractivity (Wildman–Crippen MR) is 100 cm³/mol. The Bertz CT molecular complexity index is 652. The summed E-state index contributed by atoms with van der Waals surface area (Å²) in [6.07, 6.45) is -5.68. The number of aliphatic hydroxyl groups excluding tert-OH is 5. The van der Waals surface area contributed by atoms with E-state index in [1.165, 1.54) is 0 Å². The van der Waals surface area contributed by atoms with Gasteiger partial charge in [0.15, 0.2) is 0 Å². The van der Waals surface area contributed by atoms with Crippen LogP contribution in [0.15, 0.2) is 18.2 Å². The summed E-state index contributed by atoms with van der Waals surface area (Å²) in [6, 6.07) is 4.86. The molecule has 8 atom stereocenters. The normalized spacial score (nSPS) is 38.1. The van der Waals surface area contributed by atoms with Crippen molar-refractivity contribution in [3.05, 3.63) is 33.8 Å². The van der Waals surface area contributed by atoms with Gasteiger partial charge < -0.3 is 0 Å². The SMILES string of the molecule is OC[C@@H]1[C@@H](O)[C@H](O)C[Se@+]1C[C@@H](O)[C@H]1OC(c2ccc(Cl)cc2Cl)OC[C@H]1O. The number of ether oxygens (including phenoxy) is 2. The van der Waals surface area contributed by atoms with Crippen molar-refractivity contribution in [2.75, 3.05) is 13.2 Å². The molecule has 5 N–H and O–H groups in total. The zero-order chi connectivity index (χ0) is 19.7. The Hall–Kier alpha value is 0.0395. The van der Waals surface area contributed by atoms with E-state index < -0.39 is 55.5 Å². The van der Waals surface area contributed by atoms with Gasteiger partial charge in [0.2, 0.25) is 0 Å². The maximum atomic E-state index is 10.7. The third-order valence-corrected chi connectivity index (χ3v) is 11.3. The van der Waals surface area contributed by atoms with Gasteiger partial charge >= 0.3 is 171 Å². The molecule has 1 aromatic rings. The van der Waals surface area contributed by atoms with Crippen LogP contribution >= 0.6 is 23.2 Å². The molecule has 0 spiro atoms. The van der Waals surface area contributed by atoms with Crippen LogP contribution in [-0.2, 0) is 9.47 Å². The zero-order valence-corrected chi connectivity index (χ0v) is 17.5. The molecular weight excluding hydrogens is 466 g/mol. The molecule has 2 heterocycles. The summed E-state index contributed by atoms with van der Waals surface area (Å²) in [7, 11) is 0. The topological polar surface area (TPSA) is 120 Å².